The van der Waals surface area contributed by atoms with E-state index in [9.17, 15) is 14.4 Å². The van der Waals surface area contributed by atoms with Crippen LogP contribution in [0.15, 0.2) is 21.0 Å². The Kier molecular flexibility index (Phi) is 5.10. The molecule has 2 heterocycles. The van der Waals surface area contributed by atoms with Crippen LogP contribution in [0.4, 0.5) is 5.82 Å². The number of carbonyl (C=O) groups excluding carboxylic acids is 1. The van der Waals surface area contributed by atoms with Gasteiger partial charge in [-0.3, -0.25) is 23.6 Å². The van der Waals surface area contributed by atoms with Gasteiger partial charge < -0.3 is 5.73 Å². The van der Waals surface area contributed by atoms with E-state index in [1.165, 1.54) is 24.5 Å². The van der Waals surface area contributed by atoms with E-state index >= 15 is 0 Å². The number of hydrogen-bond acceptors (Lipinski definition) is 6. The summed E-state index contributed by atoms with van der Waals surface area (Å²) in [6, 6.07) is 1.49. The standard InChI is InChI=1S/C16H22N4O3S/c1-9-6-7-24-11(9)8-18(3)10(2)13(21)12-14(17)19(4)16(23)20(5)15(12)22/h6-7,10H,8,17H2,1-5H3/t10-/m1/s1. The first kappa shape index (κ1) is 18.2. The van der Waals surface area contributed by atoms with E-state index in [1.807, 2.05) is 30.3 Å². The summed E-state index contributed by atoms with van der Waals surface area (Å²) in [5, 5.41) is 2.01. The molecule has 0 saturated carbocycles. The van der Waals surface area contributed by atoms with Crippen LogP contribution in [-0.4, -0.2) is 32.9 Å². The van der Waals surface area contributed by atoms with Crippen LogP contribution < -0.4 is 17.0 Å². The number of hydrogen-bond donors (Lipinski definition) is 1. The van der Waals surface area contributed by atoms with Crippen molar-refractivity contribution in [3.05, 3.63) is 48.3 Å². The monoisotopic (exact) mass is 350 g/mol. The zero-order valence-electron chi connectivity index (χ0n) is 14.5. The van der Waals surface area contributed by atoms with Crippen LogP contribution in [0.3, 0.4) is 0 Å². The number of thiophene rings is 1. The number of aryl methyl sites for hydroxylation is 1. The van der Waals surface area contributed by atoms with Gasteiger partial charge in [-0.1, -0.05) is 0 Å². The lowest BCUT2D eigenvalue weighted by molar-refractivity contribution is 0.0861. The van der Waals surface area contributed by atoms with Crippen molar-refractivity contribution in [2.75, 3.05) is 12.8 Å². The van der Waals surface area contributed by atoms with Gasteiger partial charge >= 0.3 is 5.69 Å². The van der Waals surface area contributed by atoms with Crippen molar-refractivity contribution in [1.29, 1.82) is 0 Å². The van der Waals surface area contributed by atoms with Gasteiger partial charge in [-0.05, 0) is 37.9 Å². The molecule has 24 heavy (non-hydrogen) atoms. The van der Waals surface area contributed by atoms with E-state index in [0.717, 1.165) is 9.13 Å². The lowest BCUT2D eigenvalue weighted by Crippen LogP contribution is -2.45. The van der Waals surface area contributed by atoms with E-state index in [1.54, 1.807) is 18.3 Å². The lowest BCUT2D eigenvalue weighted by Gasteiger charge is -2.24. The van der Waals surface area contributed by atoms with Gasteiger partial charge in [-0.25, -0.2) is 4.79 Å². The van der Waals surface area contributed by atoms with Gasteiger partial charge in [-0.2, -0.15) is 0 Å². The molecule has 2 aromatic rings. The molecule has 0 amide bonds. The van der Waals surface area contributed by atoms with Gasteiger partial charge in [-0.15, -0.1) is 11.3 Å². The van der Waals surface area contributed by atoms with Crippen molar-refractivity contribution < 1.29 is 4.79 Å². The molecule has 8 heteroatoms. The zero-order valence-corrected chi connectivity index (χ0v) is 15.3. The van der Waals surface area contributed by atoms with Gasteiger partial charge in [0.25, 0.3) is 5.56 Å². The van der Waals surface area contributed by atoms with E-state index in [-0.39, 0.29) is 17.2 Å². The topological polar surface area (TPSA) is 90.3 Å². The van der Waals surface area contributed by atoms with E-state index in [0.29, 0.717) is 6.54 Å². The Morgan fingerprint density at radius 1 is 1.33 bits per heavy atom. The minimum Gasteiger partial charge on any atom is -0.384 e. The molecule has 0 spiro atoms. The van der Waals surface area contributed by atoms with Crippen molar-refractivity contribution >= 4 is 22.9 Å². The third-order valence-electron chi connectivity index (χ3n) is 4.36. The zero-order chi connectivity index (χ0) is 18.2. The van der Waals surface area contributed by atoms with Gasteiger partial charge in [0.2, 0.25) is 0 Å². The molecular formula is C16H22N4O3S. The molecule has 0 aromatic carbocycles. The first-order valence-electron chi connectivity index (χ1n) is 7.49. The fraction of sp³-hybridized carbons (Fsp3) is 0.438. The Morgan fingerprint density at radius 2 is 1.96 bits per heavy atom. The minimum absolute atomic E-state index is 0.0966. The number of nitrogens with zero attached hydrogens (tertiary/aromatic N) is 3. The molecule has 2 aromatic heterocycles. The average Bonchev–Trinajstić information content (AvgIpc) is 2.95. The molecule has 2 N–H and O–H groups in total. The maximum absolute atomic E-state index is 12.8. The molecule has 0 aliphatic rings. The van der Waals surface area contributed by atoms with Gasteiger partial charge in [0.15, 0.2) is 5.78 Å². The number of ketones is 1. The van der Waals surface area contributed by atoms with Crippen LogP contribution >= 0.6 is 11.3 Å². The molecule has 0 unspecified atom stereocenters. The fourth-order valence-corrected chi connectivity index (χ4v) is 3.40. The number of Topliss-reactive ketones (excluding diaryl/α,β-unsaturated/α-hetero) is 1. The highest BCUT2D eigenvalue weighted by molar-refractivity contribution is 7.10. The molecule has 0 aliphatic heterocycles. The van der Waals surface area contributed by atoms with Crippen LogP contribution in [0.1, 0.15) is 27.7 Å². The molecular weight excluding hydrogens is 328 g/mol. The number of nitrogens with two attached hydrogens (primary N) is 1. The van der Waals surface area contributed by atoms with Crippen LogP contribution in [0.2, 0.25) is 0 Å². The molecule has 0 saturated heterocycles. The average molecular weight is 350 g/mol. The normalized spacial score (nSPS) is 12.6. The number of nitrogen functional groups attached to an aromatic ring is 1. The van der Waals surface area contributed by atoms with Crippen LogP contribution in [0, 0.1) is 6.92 Å². The first-order chi connectivity index (χ1) is 11.2. The highest BCUT2D eigenvalue weighted by Crippen LogP contribution is 2.19. The predicted octanol–water partition coefficient (Wildman–Crippen LogP) is 0.739. The number of likely N-dealkylation sites (N-methyl/N-ethyl adjacent to an activating group) is 1. The third-order valence-corrected chi connectivity index (χ3v) is 5.37. The predicted molar refractivity (Wildman–Crippen MR) is 95.7 cm³/mol. The third kappa shape index (κ3) is 3.07. The fourth-order valence-electron chi connectivity index (χ4n) is 2.43. The Labute approximate surface area is 143 Å². The lowest BCUT2D eigenvalue weighted by atomic mass is 10.1. The van der Waals surface area contributed by atoms with Crippen molar-refractivity contribution in [3.8, 4) is 0 Å². The molecule has 7 nitrogen and oxygen atoms in total. The molecule has 130 valence electrons. The Morgan fingerprint density at radius 3 is 2.50 bits per heavy atom. The molecule has 1 atom stereocenters. The van der Waals surface area contributed by atoms with Gasteiger partial charge in [0.1, 0.15) is 11.4 Å². The van der Waals surface area contributed by atoms with Gasteiger partial charge in [0.05, 0.1) is 6.04 Å². The SMILES string of the molecule is Cc1ccsc1CN(C)[C@H](C)C(=O)c1c(N)n(C)c(=O)n(C)c1=O. The smallest absolute Gasteiger partial charge is 0.332 e. The number of rotatable bonds is 5. The Bertz CT molecular complexity index is 894. The highest BCUT2D eigenvalue weighted by atomic mass is 32.1. The summed E-state index contributed by atoms with van der Waals surface area (Å²) in [7, 11) is 4.60. The largest absolute Gasteiger partial charge is 0.384 e. The Balaban J connectivity index is 2.37. The quantitative estimate of drug-likeness (QED) is 0.803. The summed E-state index contributed by atoms with van der Waals surface area (Å²) in [4.78, 5) is 40.0. The van der Waals surface area contributed by atoms with Gasteiger partial charge in [0, 0.05) is 25.5 Å². The Hall–Kier alpha value is -2.19. The van der Waals surface area contributed by atoms with Crippen molar-refractivity contribution in [2.24, 2.45) is 14.1 Å². The second-order valence-electron chi connectivity index (χ2n) is 5.95. The minimum atomic E-state index is -0.659. The molecule has 2 rings (SSSR count). The second-order valence-corrected chi connectivity index (χ2v) is 6.95. The molecule has 0 bridgehead atoms. The van der Waals surface area contributed by atoms with Crippen LogP contribution in [0.5, 0.6) is 0 Å². The van der Waals surface area contributed by atoms with Crippen LogP contribution in [-0.2, 0) is 20.6 Å². The number of anilines is 1. The summed E-state index contributed by atoms with van der Waals surface area (Å²) < 4.78 is 2.02. The maximum atomic E-state index is 12.8. The molecule has 0 aliphatic carbocycles. The van der Waals surface area contributed by atoms with E-state index in [4.69, 9.17) is 5.73 Å². The van der Waals surface area contributed by atoms with Crippen molar-refractivity contribution in [3.63, 3.8) is 0 Å². The summed E-state index contributed by atoms with van der Waals surface area (Å²) in [6.45, 7) is 4.35. The molecule has 0 fully saturated rings. The van der Waals surface area contributed by atoms with E-state index in [2.05, 4.69) is 0 Å². The van der Waals surface area contributed by atoms with Crippen LogP contribution in [0.25, 0.3) is 0 Å². The van der Waals surface area contributed by atoms with E-state index < -0.39 is 17.3 Å². The summed E-state index contributed by atoms with van der Waals surface area (Å²) in [5.74, 6) is -0.485. The summed E-state index contributed by atoms with van der Waals surface area (Å²) >= 11 is 1.63. The summed E-state index contributed by atoms with van der Waals surface area (Å²) in [5.41, 5.74) is 5.69. The van der Waals surface area contributed by atoms with Crippen molar-refractivity contribution in [2.45, 2.75) is 26.4 Å². The molecule has 0 radical (unpaired) electrons. The first-order valence-corrected chi connectivity index (χ1v) is 8.37. The maximum Gasteiger partial charge on any atom is 0.332 e. The number of aromatic nitrogens is 2. The second kappa shape index (κ2) is 6.74. The highest BCUT2D eigenvalue weighted by Gasteiger charge is 2.27. The number of carbonyl (C=O) groups is 1. The summed E-state index contributed by atoms with van der Waals surface area (Å²) in [6.07, 6.45) is 0. The van der Waals surface area contributed by atoms with Crippen molar-refractivity contribution in [1.82, 2.24) is 14.0 Å².